The summed E-state index contributed by atoms with van der Waals surface area (Å²) in [4.78, 5) is 31.9. The zero-order valence-corrected chi connectivity index (χ0v) is 21.8. The van der Waals surface area contributed by atoms with E-state index in [0.717, 1.165) is 105 Å². The lowest BCUT2D eigenvalue weighted by Gasteiger charge is -2.39. The van der Waals surface area contributed by atoms with Gasteiger partial charge in [-0.05, 0) is 73.1 Å². The Bertz CT molecular complexity index is 1170. The van der Waals surface area contributed by atoms with Crippen molar-refractivity contribution in [3.8, 4) is 0 Å². The maximum Gasteiger partial charge on any atom is 0.416 e. The first-order valence-electron chi connectivity index (χ1n) is 13.8. The Morgan fingerprint density at radius 3 is 2.11 bits per heavy atom. The number of hydrogen-bond acceptors (Lipinski definition) is 3. The molecule has 1 aromatic carbocycles. The van der Waals surface area contributed by atoms with Crippen molar-refractivity contribution in [2.45, 2.75) is 108 Å². The molecule has 2 fully saturated rings. The highest BCUT2D eigenvalue weighted by molar-refractivity contribution is 6.11. The van der Waals surface area contributed by atoms with E-state index in [2.05, 4.69) is 13.8 Å². The lowest BCUT2D eigenvalue weighted by molar-refractivity contribution is -0.137. The smallest absolute Gasteiger partial charge is 0.303 e. The van der Waals surface area contributed by atoms with Gasteiger partial charge < -0.3 is 4.79 Å². The fraction of sp³-hybridized carbons (Fsp3) is 0.581. The predicted octanol–water partition coefficient (Wildman–Crippen LogP) is 8.29. The Morgan fingerprint density at radius 2 is 1.51 bits per heavy atom. The first-order chi connectivity index (χ1) is 17.6. The summed E-state index contributed by atoms with van der Waals surface area (Å²) in [5.41, 5.74) is 3.72. The van der Waals surface area contributed by atoms with E-state index in [4.69, 9.17) is 4.98 Å². The molecule has 0 amide bonds. The number of benzene rings is 1. The van der Waals surface area contributed by atoms with Crippen LogP contribution < -0.4 is 0 Å². The Morgan fingerprint density at radius 1 is 0.919 bits per heavy atom. The molecular weight excluding hydrogens is 475 g/mol. The number of rotatable bonds is 5. The fourth-order valence-electron chi connectivity index (χ4n) is 7.08. The van der Waals surface area contributed by atoms with Crippen LogP contribution in [-0.2, 0) is 17.4 Å². The zero-order valence-electron chi connectivity index (χ0n) is 21.8. The summed E-state index contributed by atoms with van der Waals surface area (Å²) in [6.45, 7) is 4.34. The van der Waals surface area contributed by atoms with E-state index in [1.54, 1.807) is 0 Å². The molecule has 6 heteroatoms. The molecular formula is C31H36F3NO2. The Kier molecular flexibility index (Phi) is 7.06. The maximum atomic E-state index is 14.2. The van der Waals surface area contributed by atoms with E-state index in [9.17, 15) is 22.8 Å². The largest absolute Gasteiger partial charge is 0.416 e. The maximum absolute atomic E-state index is 14.2. The number of alkyl halides is 3. The lowest BCUT2D eigenvalue weighted by atomic mass is 9.66. The van der Waals surface area contributed by atoms with Gasteiger partial charge in [0.2, 0.25) is 0 Å². The van der Waals surface area contributed by atoms with Crippen LogP contribution in [0.5, 0.6) is 0 Å². The molecule has 3 aliphatic carbocycles. The molecule has 1 aromatic heterocycles. The average molecular weight is 512 g/mol. The van der Waals surface area contributed by atoms with E-state index < -0.39 is 11.7 Å². The topological polar surface area (TPSA) is 47.0 Å². The molecule has 0 bridgehead atoms. The van der Waals surface area contributed by atoms with Crippen molar-refractivity contribution in [1.82, 2.24) is 4.98 Å². The Balaban J connectivity index is 1.74. The molecule has 2 saturated carbocycles. The lowest BCUT2D eigenvalue weighted by Crippen LogP contribution is -2.31. The molecule has 1 unspecified atom stereocenters. The van der Waals surface area contributed by atoms with Gasteiger partial charge in [-0.2, -0.15) is 13.2 Å². The van der Waals surface area contributed by atoms with Crippen LogP contribution in [0.3, 0.4) is 0 Å². The highest BCUT2D eigenvalue weighted by Crippen LogP contribution is 2.49. The molecule has 198 valence electrons. The average Bonchev–Trinajstić information content (AvgIpc) is 3.41. The molecule has 1 heterocycles. The van der Waals surface area contributed by atoms with Crippen LogP contribution in [0.25, 0.3) is 0 Å². The highest BCUT2D eigenvalue weighted by atomic mass is 19.4. The third-order valence-electron chi connectivity index (χ3n) is 8.79. The van der Waals surface area contributed by atoms with E-state index in [-0.39, 0.29) is 34.5 Å². The summed E-state index contributed by atoms with van der Waals surface area (Å²) in [7, 11) is 0. The molecule has 0 aliphatic heterocycles. The van der Waals surface area contributed by atoms with Crippen LogP contribution in [-0.4, -0.2) is 17.1 Å². The Hall–Kier alpha value is -2.50. The quantitative estimate of drug-likeness (QED) is 0.300. The summed E-state index contributed by atoms with van der Waals surface area (Å²) >= 11 is 0. The summed E-state index contributed by atoms with van der Waals surface area (Å²) < 4.78 is 39.7. The summed E-state index contributed by atoms with van der Waals surface area (Å²) in [6.07, 6.45) is 7.36. The van der Waals surface area contributed by atoms with Crippen LogP contribution >= 0.6 is 0 Å². The predicted molar refractivity (Wildman–Crippen MR) is 137 cm³/mol. The van der Waals surface area contributed by atoms with Gasteiger partial charge in [-0.15, -0.1) is 0 Å². The number of carbonyl (C=O) groups excluding carboxylic acids is 2. The number of ketones is 1. The molecule has 3 aliphatic rings. The van der Waals surface area contributed by atoms with Crippen molar-refractivity contribution >= 4 is 12.1 Å². The van der Waals surface area contributed by atoms with Gasteiger partial charge in [0, 0.05) is 28.7 Å². The molecule has 1 atom stereocenters. The van der Waals surface area contributed by atoms with Crippen molar-refractivity contribution in [2.75, 3.05) is 0 Å². The number of aldehydes is 1. The third-order valence-corrected chi connectivity index (χ3v) is 8.79. The second-order valence-electron chi connectivity index (χ2n) is 12.2. The monoisotopic (exact) mass is 511 g/mol. The molecule has 37 heavy (non-hydrogen) atoms. The molecule has 0 spiro atoms. The van der Waals surface area contributed by atoms with E-state index in [1.165, 1.54) is 12.1 Å². The normalized spacial score (nSPS) is 22.6. The van der Waals surface area contributed by atoms with Gasteiger partial charge in [0.05, 0.1) is 11.3 Å². The fourth-order valence-corrected chi connectivity index (χ4v) is 7.08. The van der Waals surface area contributed by atoms with E-state index in [0.29, 0.717) is 12.0 Å². The second-order valence-corrected chi connectivity index (χ2v) is 12.2. The van der Waals surface area contributed by atoms with Crippen molar-refractivity contribution in [3.05, 3.63) is 63.5 Å². The number of nitrogens with zero attached hydrogens (tertiary/aromatic N) is 1. The van der Waals surface area contributed by atoms with Crippen molar-refractivity contribution in [2.24, 2.45) is 5.41 Å². The summed E-state index contributed by atoms with van der Waals surface area (Å²) in [5, 5.41) is 0. The zero-order chi connectivity index (χ0) is 26.4. The molecule has 0 N–H and O–H groups in total. The molecule has 3 nitrogen and oxygen atoms in total. The SMILES string of the molecule is CC1(C)Cc2nc(C3CCCC3)c(C(=O)c3ccc(C(F)(F)F)cc3)c(C3CCCCC3)c2C(C=O)C1. The van der Waals surface area contributed by atoms with Gasteiger partial charge in [-0.1, -0.05) is 58.1 Å². The molecule has 5 rings (SSSR count). The number of halogens is 3. The van der Waals surface area contributed by atoms with Gasteiger partial charge in [-0.25, -0.2) is 0 Å². The first-order valence-corrected chi connectivity index (χ1v) is 13.8. The van der Waals surface area contributed by atoms with Crippen LogP contribution in [0.4, 0.5) is 13.2 Å². The van der Waals surface area contributed by atoms with Crippen LogP contribution in [0.2, 0.25) is 0 Å². The number of fused-ring (bicyclic) bond motifs is 1. The summed E-state index contributed by atoms with van der Waals surface area (Å²) in [5.74, 6) is -0.232. The number of pyridine rings is 1. The van der Waals surface area contributed by atoms with E-state index in [1.807, 2.05) is 0 Å². The minimum Gasteiger partial charge on any atom is -0.303 e. The molecule has 0 saturated heterocycles. The van der Waals surface area contributed by atoms with Gasteiger partial charge >= 0.3 is 6.18 Å². The van der Waals surface area contributed by atoms with Crippen molar-refractivity contribution < 1.29 is 22.8 Å². The molecule has 2 aromatic rings. The number of aromatic nitrogens is 1. The highest BCUT2D eigenvalue weighted by Gasteiger charge is 2.41. The standard InChI is InChI=1S/C31H36F3NO2/c1-30(2)16-22(18-36)25-24(17-30)35-28(20-10-6-7-11-20)27(26(25)19-8-4-3-5-9-19)29(37)21-12-14-23(15-13-21)31(32,33)34/h12-15,18-20,22H,3-11,16-17H2,1-2H3. The summed E-state index contributed by atoms with van der Waals surface area (Å²) in [6, 6.07) is 4.58. The van der Waals surface area contributed by atoms with Gasteiger partial charge in [0.15, 0.2) is 5.78 Å². The van der Waals surface area contributed by atoms with Crippen molar-refractivity contribution in [3.63, 3.8) is 0 Å². The second kappa shape index (κ2) is 9.99. The molecule has 0 radical (unpaired) electrons. The van der Waals surface area contributed by atoms with Gasteiger partial charge in [0.25, 0.3) is 0 Å². The van der Waals surface area contributed by atoms with Gasteiger partial charge in [-0.3, -0.25) is 9.78 Å². The Labute approximate surface area is 217 Å². The minimum atomic E-state index is -4.46. The van der Waals surface area contributed by atoms with Crippen molar-refractivity contribution in [1.29, 1.82) is 0 Å². The van der Waals surface area contributed by atoms with Gasteiger partial charge in [0.1, 0.15) is 6.29 Å². The van der Waals surface area contributed by atoms with E-state index >= 15 is 0 Å². The van der Waals surface area contributed by atoms with Crippen LogP contribution in [0.1, 0.15) is 140 Å². The number of carbonyl (C=O) groups is 2. The third kappa shape index (κ3) is 5.13. The van der Waals surface area contributed by atoms with Crippen LogP contribution in [0.15, 0.2) is 24.3 Å². The first kappa shape index (κ1) is 26.1. The number of hydrogen-bond donors (Lipinski definition) is 0. The van der Waals surface area contributed by atoms with Crippen LogP contribution in [0, 0.1) is 5.41 Å². The minimum absolute atomic E-state index is 0.0681.